The van der Waals surface area contributed by atoms with E-state index in [-0.39, 0.29) is 12.7 Å². The fraction of sp³-hybridized carbons (Fsp3) is 0.444. The van der Waals surface area contributed by atoms with Gasteiger partial charge >= 0.3 is 5.97 Å². The van der Waals surface area contributed by atoms with Gasteiger partial charge in [0.25, 0.3) is 5.91 Å². The summed E-state index contributed by atoms with van der Waals surface area (Å²) in [6.45, 7) is 1.73. The highest BCUT2D eigenvalue weighted by atomic mass is 16.7. The molecule has 0 radical (unpaired) electrons. The number of hydrogen-bond donors (Lipinski definition) is 1. The standard InChI is InChI=1S/C18H21NO5/c1-12(24-17(20)9-13-5-3-2-4-6-13)18(21)19-14-7-8-15-16(10-14)23-11-22-15/h7-10,12H,2-6,11H2,1H3,(H,19,21)/t12-/m0/s1. The number of carbonyl (C=O) groups excluding carboxylic acids is 2. The zero-order chi connectivity index (χ0) is 16.9. The van der Waals surface area contributed by atoms with Crippen LogP contribution in [0.15, 0.2) is 29.8 Å². The number of amides is 1. The molecule has 1 saturated carbocycles. The SMILES string of the molecule is C[C@H](OC(=O)C=C1CCCCC1)C(=O)Nc1ccc2c(c1)OCO2. The summed E-state index contributed by atoms with van der Waals surface area (Å²) in [6, 6.07) is 5.12. The molecule has 1 heterocycles. The second kappa shape index (κ2) is 7.38. The van der Waals surface area contributed by atoms with E-state index in [1.54, 1.807) is 25.1 Å². The average molecular weight is 331 g/mol. The van der Waals surface area contributed by atoms with Crippen molar-refractivity contribution < 1.29 is 23.8 Å². The van der Waals surface area contributed by atoms with Gasteiger partial charge < -0.3 is 19.5 Å². The van der Waals surface area contributed by atoms with E-state index >= 15 is 0 Å². The van der Waals surface area contributed by atoms with E-state index in [1.807, 2.05) is 0 Å². The van der Waals surface area contributed by atoms with Gasteiger partial charge in [-0.05, 0) is 44.7 Å². The van der Waals surface area contributed by atoms with E-state index in [0.717, 1.165) is 31.3 Å². The minimum atomic E-state index is -0.872. The highest BCUT2D eigenvalue weighted by Crippen LogP contribution is 2.34. The lowest BCUT2D eigenvalue weighted by Crippen LogP contribution is -2.29. The molecule has 1 amide bonds. The third-order valence-electron chi connectivity index (χ3n) is 4.12. The molecule has 1 fully saturated rings. The fourth-order valence-electron chi connectivity index (χ4n) is 2.80. The Morgan fingerprint density at radius 3 is 2.71 bits per heavy atom. The summed E-state index contributed by atoms with van der Waals surface area (Å²) in [6.07, 6.45) is 5.96. The lowest BCUT2D eigenvalue weighted by molar-refractivity contribution is -0.148. The quantitative estimate of drug-likeness (QED) is 0.677. The number of benzene rings is 1. The van der Waals surface area contributed by atoms with Crippen molar-refractivity contribution in [2.45, 2.75) is 45.1 Å². The van der Waals surface area contributed by atoms with Gasteiger partial charge in [0.05, 0.1) is 0 Å². The second-order valence-corrected chi connectivity index (χ2v) is 6.00. The molecule has 0 saturated heterocycles. The summed E-state index contributed by atoms with van der Waals surface area (Å²) in [4.78, 5) is 24.1. The van der Waals surface area contributed by atoms with Crippen molar-refractivity contribution in [3.8, 4) is 11.5 Å². The normalized spacial score (nSPS) is 17.1. The monoisotopic (exact) mass is 331 g/mol. The van der Waals surface area contributed by atoms with E-state index in [0.29, 0.717) is 17.2 Å². The molecule has 1 aromatic carbocycles. The maximum atomic E-state index is 12.2. The summed E-state index contributed by atoms with van der Waals surface area (Å²) in [7, 11) is 0. The molecular formula is C18H21NO5. The molecule has 3 rings (SSSR count). The zero-order valence-corrected chi connectivity index (χ0v) is 13.7. The van der Waals surface area contributed by atoms with Crippen LogP contribution in [-0.2, 0) is 14.3 Å². The average Bonchev–Trinajstić information content (AvgIpc) is 3.03. The Kier molecular flexibility index (Phi) is 5.03. The summed E-state index contributed by atoms with van der Waals surface area (Å²) >= 11 is 0. The smallest absolute Gasteiger partial charge is 0.331 e. The van der Waals surface area contributed by atoms with Crippen molar-refractivity contribution in [1.82, 2.24) is 0 Å². The van der Waals surface area contributed by atoms with Crippen molar-refractivity contribution in [3.05, 3.63) is 29.8 Å². The molecule has 1 aliphatic heterocycles. The van der Waals surface area contributed by atoms with Crippen LogP contribution in [0.5, 0.6) is 11.5 Å². The van der Waals surface area contributed by atoms with Gasteiger partial charge in [0, 0.05) is 17.8 Å². The molecule has 6 nitrogen and oxygen atoms in total. The highest BCUT2D eigenvalue weighted by Gasteiger charge is 2.19. The van der Waals surface area contributed by atoms with E-state index in [4.69, 9.17) is 14.2 Å². The highest BCUT2D eigenvalue weighted by molar-refractivity contribution is 5.96. The largest absolute Gasteiger partial charge is 0.454 e. The summed E-state index contributed by atoms with van der Waals surface area (Å²) in [5.41, 5.74) is 1.67. The van der Waals surface area contributed by atoms with Gasteiger partial charge in [-0.3, -0.25) is 4.79 Å². The fourth-order valence-corrected chi connectivity index (χ4v) is 2.80. The first kappa shape index (κ1) is 16.4. The minimum absolute atomic E-state index is 0.176. The molecule has 1 N–H and O–H groups in total. The van der Waals surface area contributed by atoms with Gasteiger partial charge in [0.15, 0.2) is 17.6 Å². The number of carbonyl (C=O) groups is 2. The molecule has 128 valence electrons. The van der Waals surface area contributed by atoms with Crippen LogP contribution in [0.1, 0.15) is 39.0 Å². The number of allylic oxidation sites excluding steroid dienone is 1. The van der Waals surface area contributed by atoms with E-state index in [1.165, 1.54) is 12.5 Å². The van der Waals surface area contributed by atoms with Crippen molar-refractivity contribution in [2.24, 2.45) is 0 Å². The number of hydrogen-bond acceptors (Lipinski definition) is 5. The van der Waals surface area contributed by atoms with Gasteiger partial charge in [-0.25, -0.2) is 4.79 Å². The first-order valence-corrected chi connectivity index (χ1v) is 8.22. The predicted octanol–water partition coefficient (Wildman–Crippen LogP) is 3.18. The Bertz CT molecular complexity index is 659. The summed E-state index contributed by atoms with van der Waals surface area (Å²) in [5, 5.41) is 2.71. The van der Waals surface area contributed by atoms with Crippen LogP contribution >= 0.6 is 0 Å². The predicted molar refractivity (Wildman–Crippen MR) is 87.9 cm³/mol. The Morgan fingerprint density at radius 2 is 1.92 bits per heavy atom. The van der Waals surface area contributed by atoms with Crippen LogP contribution in [0.4, 0.5) is 5.69 Å². The molecule has 1 aromatic rings. The third-order valence-corrected chi connectivity index (χ3v) is 4.12. The number of esters is 1. The number of fused-ring (bicyclic) bond motifs is 1. The van der Waals surface area contributed by atoms with Crippen LogP contribution < -0.4 is 14.8 Å². The molecule has 1 aliphatic carbocycles. The Labute approximate surface area is 140 Å². The maximum Gasteiger partial charge on any atom is 0.331 e. The maximum absolute atomic E-state index is 12.2. The van der Waals surface area contributed by atoms with Gasteiger partial charge in [0.2, 0.25) is 6.79 Å². The van der Waals surface area contributed by atoms with Crippen LogP contribution in [0.3, 0.4) is 0 Å². The topological polar surface area (TPSA) is 73.9 Å². The van der Waals surface area contributed by atoms with Gasteiger partial charge in [0.1, 0.15) is 0 Å². The van der Waals surface area contributed by atoms with E-state index in [2.05, 4.69) is 5.32 Å². The van der Waals surface area contributed by atoms with Crippen molar-refractivity contribution >= 4 is 17.6 Å². The molecule has 0 unspecified atom stereocenters. The molecule has 0 spiro atoms. The van der Waals surface area contributed by atoms with E-state index < -0.39 is 12.1 Å². The van der Waals surface area contributed by atoms with Gasteiger partial charge in [-0.1, -0.05) is 12.0 Å². The van der Waals surface area contributed by atoms with Crippen LogP contribution in [0, 0.1) is 0 Å². The zero-order valence-electron chi connectivity index (χ0n) is 13.7. The summed E-state index contributed by atoms with van der Waals surface area (Å²) in [5.74, 6) is 0.385. The number of anilines is 1. The number of ether oxygens (including phenoxy) is 3. The Morgan fingerprint density at radius 1 is 1.17 bits per heavy atom. The molecule has 6 heteroatoms. The van der Waals surface area contributed by atoms with Gasteiger partial charge in [-0.2, -0.15) is 0 Å². The van der Waals surface area contributed by atoms with Crippen LogP contribution in [0.2, 0.25) is 0 Å². The van der Waals surface area contributed by atoms with Crippen LogP contribution in [0.25, 0.3) is 0 Å². The summed E-state index contributed by atoms with van der Waals surface area (Å²) < 4.78 is 15.7. The lowest BCUT2D eigenvalue weighted by Gasteiger charge is -2.15. The lowest BCUT2D eigenvalue weighted by atomic mass is 9.95. The number of nitrogens with one attached hydrogen (secondary N) is 1. The van der Waals surface area contributed by atoms with Crippen molar-refractivity contribution in [1.29, 1.82) is 0 Å². The Balaban J connectivity index is 1.53. The van der Waals surface area contributed by atoms with E-state index in [9.17, 15) is 9.59 Å². The molecule has 2 aliphatic rings. The molecule has 1 atom stereocenters. The van der Waals surface area contributed by atoms with Crippen LogP contribution in [-0.4, -0.2) is 24.8 Å². The number of rotatable bonds is 4. The van der Waals surface area contributed by atoms with Crippen molar-refractivity contribution in [2.75, 3.05) is 12.1 Å². The second-order valence-electron chi connectivity index (χ2n) is 6.00. The molecule has 24 heavy (non-hydrogen) atoms. The van der Waals surface area contributed by atoms with Gasteiger partial charge in [-0.15, -0.1) is 0 Å². The van der Waals surface area contributed by atoms with Crippen molar-refractivity contribution in [3.63, 3.8) is 0 Å². The molecule has 0 aromatic heterocycles. The first-order valence-electron chi connectivity index (χ1n) is 8.22. The Hall–Kier alpha value is -2.50. The molecular weight excluding hydrogens is 310 g/mol. The first-order chi connectivity index (χ1) is 11.6. The minimum Gasteiger partial charge on any atom is -0.454 e. The molecule has 0 bridgehead atoms. The third kappa shape index (κ3) is 4.07.